The van der Waals surface area contributed by atoms with E-state index in [9.17, 15) is 9.59 Å². The number of ether oxygens (including phenoxy) is 1. The molecule has 1 aliphatic heterocycles. The lowest BCUT2D eigenvalue weighted by Crippen LogP contribution is -2.39. The van der Waals surface area contributed by atoms with Crippen LogP contribution in [0.5, 0.6) is 0 Å². The number of anilines is 1. The first kappa shape index (κ1) is 16.7. The molecular weight excluding hydrogens is 302 g/mol. The summed E-state index contributed by atoms with van der Waals surface area (Å²) in [5.41, 5.74) is 3.45. The summed E-state index contributed by atoms with van der Waals surface area (Å²) in [6.07, 6.45) is 2.73. The minimum atomic E-state index is -0.464. The molecule has 4 nitrogen and oxygen atoms in total. The van der Waals surface area contributed by atoms with Crippen molar-refractivity contribution in [2.75, 3.05) is 18.7 Å². The van der Waals surface area contributed by atoms with E-state index in [2.05, 4.69) is 6.58 Å². The maximum absolute atomic E-state index is 13.1. The second-order valence-electron chi connectivity index (χ2n) is 6.69. The normalized spacial score (nSPS) is 26.4. The van der Waals surface area contributed by atoms with Crippen LogP contribution in [0.2, 0.25) is 0 Å². The van der Waals surface area contributed by atoms with Crippen molar-refractivity contribution in [1.82, 2.24) is 0 Å². The van der Waals surface area contributed by atoms with Gasteiger partial charge in [-0.2, -0.15) is 0 Å². The molecular formula is C20H23NO3. The van der Waals surface area contributed by atoms with Crippen molar-refractivity contribution in [2.24, 2.45) is 11.8 Å². The smallest absolute Gasteiger partial charge is 0.237 e. The lowest BCUT2D eigenvalue weighted by atomic mass is 9.68. The van der Waals surface area contributed by atoms with E-state index in [1.54, 1.807) is 12.0 Å². The van der Waals surface area contributed by atoms with Gasteiger partial charge in [-0.3, -0.25) is 14.5 Å². The van der Waals surface area contributed by atoms with Gasteiger partial charge < -0.3 is 4.74 Å². The van der Waals surface area contributed by atoms with Gasteiger partial charge in [0.2, 0.25) is 5.91 Å². The van der Waals surface area contributed by atoms with Crippen LogP contribution in [0.3, 0.4) is 0 Å². The molecule has 1 heterocycles. The molecule has 1 unspecified atom stereocenters. The third kappa shape index (κ3) is 2.51. The van der Waals surface area contributed by atoms with Gasteiger partial charge in [0.05, 0.1) is 11.6 Å². The van der Waals surface area contributed by atoms with Gasteiger partial charge in [0.1, 0.15) is 6.73 Å². The number of hydrogen-bond acceptors (Lipinski definition) is 3. The van der Waals surface area contributed by atoms with E-state index < -0.39 is 5.92 Å². The Hall–Kier alpha value is -2.20. The minimum absolute atomic E-state index is 0.00861. The van der Waals surface area contributed by atoms with Gasteiger partial charge in [-0.05, 0) is 43.4 Å². The Morgan fingerprint density at radius 1 is 1.33 bits per heavy atom. The maximum Gasteiger partial charge on any atom is 0.237 e. The third-order valence-electron chi connectivity index (χ3n) is 5.15. The van der Waals surface area contributed by atoms with E-state index in [1.165, 1.54) is 0 Å². The van der Waals surface area contributed by atoms with E-state index in [0.717, 1.165) is 28.8 Å². The number of benzene rings is 1. The SMILES string of the molecule is C=C(C)[C@H]1CC=C(C)C(=O)[C@@H]1C1C(=O)N(COC)c2ccccc21. The second kappa shape index (κ2) is 6.36. The number of Topliss-reactive ketones (excluding diaryl/α,β-unsaturated/α-hetero) is 1. The highest BCUT2D eigenvalue weighted by atomic mass is 16.5. The Morgan fingerprint density at radius 2 is 2.04 bits per heavy atom. The standard InChI is InChI=1S/C20H23NO3/c1-12(2)14-10-9-13(3)19(22)17(14)18-15-7-5-6-8-16(15)21(11-24-4)20(18)23/h5-9,14,17-18H,1,10-11H2,2-4H3/t14-,17+,18?/m1/s1. The van der Waals surface area contributed by atoms with Crippen LogP contribution >= 0.6 is 0 Å². The Kier molecular flexibility index (Phi) is 4.41. The summed E-state index contributed by atoms with van der Waals surface area (Å²) in [5.74, 6) is -0.859. The second-order valence-corrected chi connectivity index (χ2v) is 6.69. The number of amides is 1. The van der Waals surface area contributed by atoms with Crippen LogP contribution in [0.4, 0.5) is 5.69 Å². The molecule has 126 valence electrons. The number of rotatable bonds is 4. The number of ketones is 1. The average Bonchev–Trinajstić information content (AvgIpc) is 2.83. The number of fused-ring (bicyclic) bond motifs is 1. The summed E-state index contributed by atoms with van der Waals surface area (Å²) in [5, 5.41) is 0. The number of allylic oxidation sites excluding steroid dienone is 3. The summed E-state index contributed by atoms with van der Waals surface area (Å²) in [7, 11) is 1.57. The Labute approximate surface area is 142 Å². The number of hydrogen-bond donors (Lipinski definition) is 0. The van der Waals surface area contributed by atoms with Crippen molar-refractivity contribution in [3.05, 3.63) is 53.6 Å². The van der Waals surface area contributed by atoms with Crippen LogP contribution in [-0.4, -0.2) is 25.5 Å². The number of carbonyl (C=O) groups is 2. The monoisotopic (exact) mass is 325 g/mol. The molecule has 3 rings (SSSR count). The number of nitrogens with zero attached hydrogens (tertiary/aromatic N) is 1. The molecule has 0 fully saturated rings. The van der Waals surface area contributed by atoms with Gasteiger partial charge in [0.25, 0.3) is 0 Å². The van der Waals surface area contributed by atoms with Crippen LogP contribution in [0.15, 0.2) is 48.1 Å². The van der Waals surface area contributed by atoms with Gasteiger partial charge in [-0.1, -0.05) is 36.4 Å². The first-order chi connectivity index (χ1) is 11.5. The predicted molar refractivity (Wildman–Crippen MR) is 93.7 cm³/mol. The predicted octanol–water partition coefficient (Wildman–Crippen LogP) is 3.45. The first-order valence-corrected chi connectivity index (χ1v) is 8.23. The van der Waals surface area contributed by atoms with E-state index in [4.69, 9.17) is 4.74 Å². The van der Waals surface area contributed by atoms with E-state index in [1.807, 2.05) is 44.2 Å². The fourth-order valence-electron chi connectivity index (χ4n) is 3.91. The van der Waals surface area contributed by atoms with Crippen LogP contribution in [0.1, 0.15) is 31.7 Å². The topological polar surface area (TPSA) is 46.6 Å². The maximum atomic E-state index is 13.1. The molecule has 0 spiro atoms. The highest BCUT2D eigenvalue weighted by Crippen LogP contribution is 2.47. The molecule has 0 saturated heterocycles. The lowest BCUT2D eigenvalue weighted by Gasteiger charge is -2.33. The fourth-order valence-corrected chi connectivity index (χ4v) is 3.91. The molecule has 4 heteroatoms. The lowest BCUT2D eigenvalue weighted by molar-refractivity contribution is -0.128. The molecule has 1 aliphatic carbocycles. The molecule has 3 atom stereocenters. The van der Waals surface area contributed by atoms with Gasteiger partial charge >= 0.3 is 0 Å². The summed E-state index contributed by atoms with van der Waals surface area (Å²) in [4.78, 5) is 27.7. The quantitative estimate of drug-likeness (QED) is 0.797. The zero-order valence-electron chi connectivity index (χ0n) is 14.4. The molecule has 0 N–H and O–H groups in total. The Balaban J connectivity index is 2.10. The zero-order valence-corrected chi connectivity index (χ0v) is 14.4. The van der Waals surface area contributed by atoms with Crippen LogP contribution in [0.25, 0.3) is 0 Å². The van der Waals surface area contributed by atoms with Crippen LogP contribution < -0.4 is 4.90 Å². The largest absolute Gasteiger partial charge is 0.364 e. The summed E-state index contributed by atoms with van der Waals surface area (Å²) in [6.45, 7) is 8.04. The van der Waals surface area contributed by atoms with E-state index in [-0.39, 0.29) is 30.3 Å². The molecule has 1 amide bonds. The first-order valence-electron chi connectivity index (χ1n) is 8.23. The van der Waals surface area contributed by atoms with Gasteiger partial charge in [-0.15, -0.1) is 0 Å². The molecule has 1 aromatic rings. The molecule has 2 aliphatic rings. The Bertz CT molecular complexity index is 734. The highest BCUT2D eigenvalue weighted by Gasteiger charge is 2.48. The zero-order chi connectivity index (χ0) is 17.4. The average molecular weight is 325 g/mol. The van der Waals surface area contributed by atoms with Crippen LogP contribution in [0, 0.1) is 11.8 Å². The molecule has 0 saturated carbocycles. The van der Waals surface area contributed by atoms with Crippen molar-refractivity contribution in [1.29, 1.82) is 0 Å². The van der Waals surface area contributed by atoms with Gasteiger partial charge in [-0.25, -0.2) is 0 Å². The number of methoxy groups -OCH3 is 1. The van der Waals surface area contributed by atoms with E-state index in [0.29, 0.717) is 0 Å². The number of carbonyl (C=O) groups excluding carboxylic acids is 2. The molecule has 0 radical (unpaired) electrons. The summed E-state index contributed by atoms with van der Waals surface area (Å²) in [6, 6.07) is 7.68. The van der Waals surface area contributed by atoms with Crippen molar-refractivity contribution >= 4 is 17.4 Å². The van der Waals surface area contributed by atoms with Crippen molar-refractivity contribution in [2.45, 2.75) is 26.2 Å². The summed E-state index contributed by atoms with van der Waals surface area (Å²) >= 11 is 0. The highest BCUT2D eigenvalue weighted by molar-refractivity contribution is 6.10. The molecule has 1 aromatic carbocycles. The third-order valence-corrected chi connectivity index (χ3v) is 5.15. The van der Waals surface area contributed by atoms with Crippen LogP contribution in [-0.2, 0) is 14.3 Å². The number of para-hydroxylation sites is 1. The summed E-state index contributed by atoms with van der Waals surface area (Å²) < 4.78 is 5.20. The minimum Gasteiger partial charge on any atom is -0.364 e. The van der Waals surface area contributed by atoms with Gasteiger partial charge in [0.15, 0.2) is 5.78 Å². The fraction of sp³-hybridized carbons (Fsp3) is 0.400. The molecule has 0 aromatic heterocycles. The van der Waals surface area contributed by atoms with Gasteiger partial charge in [0, 0.05) is 13.0 Å². The molecule has 24 heavy (non-hydrogen) atoms. The van der Waals surface area contributed by atoms with Crippen molar-refractivity contribution < 1.29 is 14.3 Å². The van der Waals surface area contributed by atoms with Crippen molar-refractivity contribution in [3.8, 4) is 0 Å². The Morgan fingerprint density at radius 3 is 2.71 bits per heavy atom. The van der Waals surface area contributed by atoms with E-state index >= 15 is 0 Å². The molecule has 0 bridgehead atoms. The van der Waals surface area contributed by atoms with Crippen molar-refractivity contribution in [3.63, 3.8) is 0 Å².